The minimum absolute atomic E-state index is 0.0486. The zero-order chi connectivity index (χ0) is 16.7. The third-order valence-corrected chi connectivity index (χ3v) is 4.67. The third kappa shape index (κ3) is 5.03. The van der Waals surface area contributed by atoms with Crippen molar-refractivity contribution in [2.24, 2.45) is 0 Å². The predicted octanol–water partition coefficient (Wildman–Crippen LogP) is 4.44. The van der Waals surface area contributed by atoms with Gasteiger partial charge < -0.3 is 10.1 Å². The lowest BCUT2D eigenvalue weighted by atomic mass is 10.1. The Bertz CT molecular complexity index is 653. The van der Waals surface area contributed by atoms with Crippen LogP contribution >= 0.6 is 11.8 Å². The van der Waals surface area contributed by atoms with Crippen molar-refractivity contribution in [2.75, 3.05) is 18.2 Å². The molecular weight excluding hydrogens is 306 g/mol. The quantitative estimate of drug-likeness (QED) is 0.816. The molecule has 0 aliphatic carbocycles. The number of nitrogens with one attached hydrogen (secondary N) is 1. The number of methoxy groups -OCH3 is 1. The maximum absolute atomic E-state index is 12.2. The van der Waals surface area contributed by atoms with Gasteiger partial charge >= 0.3 is 0 Å². The second kappa shape index (κ2) is 8.63. The highest BCUT2D eigenvalue weighted by Gasteiger charge is 2.08. The van der Waals surface area contributed by atoms with Gasteiger partial charge in [0.05, 0.1) is 12.9 Å². The molecule has 3 nitrogen and oxygen atoms in total. The first-order valence-electron chi connectivity index (χ1n) is 7.73. The molecular formula is C19H23NO2S. The minimum atomic E-state index is 0.0486. The van der Waals surface area contributed by atoms with Crippen molar-refractivity contribution in [3.05, 3.63) is 59.2 Å². The Hall–Kier alpha value is -1.94. The standard InChI is InChI=1S/C19H23NO2S/c1-4-16-7-5-6-14(2)19(16)20-18(21)13-23-12-15-8-10-17(22-3)11-9-15/h5-11H,4,12-13H2,1-3H3,(H,20,21). The zero-order valence-electron chi connectivity index (χ0n) is 13.9. The molecule has 0 aliphatic rings. The predicted molar refractivity (Wildman–Crippen MR) is 98.3 cm³/mol. The van der Waals surface area contributed by atoms with Gasteiger partial charge in [0.1, 0.15) is 5.75 Å². The summed E-state index contributed by atoms with van der Waals surface area (Å²) in [6.07, 6.45) is 0.913. The summed E-state index contributed by atoms with van der Waals surface area (Å²) in [6.45, 7) is 4.13. The number of amides is 1. The van der Waals surface area contributed by atoms with Gasteiger partial charge in [-0.25, -0.2) is 0 Å². The first-order chi connectivity index (χ1) is 11.1. The van der Waals surface area contributed by atoms with Gasteiger partial charge in [-0.1, -0.05) is 37.3 Å². The number of anilines is 1. The van der Waals surface area contributed by atoms with Gasteiger partial charge in [-0.15, -0.1) is 11.8 Å². The van der Waals surface area contributed by atoms with E-state index in [9.17, 15) is 4.79 Å². The molecule has 122 valence electrons. The van der Waals surface area contributed by atoms with E-state index >= 15 is 0 Å². The number of hydrogen-bond acceptors (Lipinski definition) is 3. The fourth-order valence-electron chi connectivity index (χ4n) is 2.36. The lowest BCUT2D eigenvalue weighted by Gasteiger charge is -2.12. The molecule has 1 N–H and O–H groups in total. The number of carbonyl (C=O) groups is 1. The number of rotatable bonds is 7. The highest BCUT2D eigenvalue weighted by Crippen LogP contribution is 2.22. The van der Waals surface area contributed by atoms with Crippen LogP contribution in [0.25, 0.3) is 0 Å². The molecule has 0 aliphatic heterocycles. The Morgan fingerprint density at radius 2 is 1.91 bits per heavy atom. The van der Waals surface area contributed by atoms with Crippen LogP contribution in [-0.4, -0.2) is 18.8 Å². The van der Waals surface area contributed by atoms with Crippen LogP contribution in [0.1, 0.15) is 23.6 Å². The molecule has 23 heavy (non-hydrogen) atoms. The fourth-order valence-corrected chi connectivity index (χ4v) is 3.15. The molecule has 2 aromatic carbocycles. The topological polar surface area (TPSA) is 38.3 Å². The van der Waals surface area contributed by atoms with Gasteiger partial charge in [0.25, 0.3) is 0 Å². The molecule has 0 unspecified atom stereocenters. The van der Waals surface area contributed by atoms with Crippen LogP contribution in [0.4, 0.5) is 5.69 Å². The normalized spacial score (nSPS) is 10.4. The SMILES string of the molecule is CCc1cccc(C)c1NC(=O)CSCc1ccc(OC)cc1. The van der Waals surface area contributed by atoms with E-state index in [1.54, 1.807) is 18.9 Å². The number of hydrogen-bond donors (Lipinski definition) is 1. The largest absolute Gasteiger partial charge is 0.497 e. The van der Waals surface area contributed by atoms with Crippen molar-refractivity contribution in [1.82, 2.24) is 0 Å². The van der Waals surface area contributed by atoms with Crippen molar-refractivity contribution >= 4 is 23.4 Å². The maximum atomic E-state index is 12.2. The monoisotopic (exact) mass is 329 g/mol. The van der Waals surface area contributed by atoms with Crippen molar-refractivity contribution in [3.63, 3.8) is 0 Å². The fraction of sp³-hybridized carbons (Fsp3) is 0.316. The van der Waals surface area contributed by atoms with Crippen molar-refractivity contribution < 1.29 is 9.53 Å². The lowest BCUT2D eigenvalue weighted by Crippen LogP contribution is -2.16. The van der Waals surface area contributed by atoms with Crippen LogP contribution in [0.2, 0.25) is 0 Å². The molecule has 0 heterocycles. The van der Waals surface area contributed by atoms with Gasteiger partial charge in [-0.2, -0.15) is 0 Å². The molecule has 0 aromatic heterocycles. The van der Waals surface area contributed by atoms with Crippen LogP contribution in [0.15, 0.2) is 42.5 Å². The summed E-state index contributed by atoms with van der Waals surface area (Å²) < 4.78 is 5.14. The Morgan fingerprint density at radius 1 is 1.17 bits per heavy atom. The summed E-state index contributed by atoms with van der Waals surface area (Å²) in [6, 6.07) is 14.1. The van der Waals surface area contributed by atoms with Gasteiger partial charge in [0, 0.05) is 11.4 Å². The van der Waals surface area contributed by atoms with E-state index < -0.39 is 0 Å². The molecule has 0 radical (unpaired) electrons. The molecule has 2 aromatic rings. The van der Waals surface area contributed by atoms with E-state index in [1.165, 1.54) is 11.1 Å². The van der Waals surface area contributed by atoms with E-state index in [4.69, 9.17) is 4.74 Å². The summed E-state index contributed by atoms with van der Waals surface area (Å²) in [5.74, 6) is 2.16. The average Bonchev–Trinajstić information content (AvgIpc) is 2.57. The number of thioether (sulfide) groups is 1. The molecule has 2 rings (SSSR count). The summed E-state index contributed by atoms with van der Waals surface area (Å²) in [7, 11) is 1.66. The smallest absolute Gasteiger partial charge is 0.234 e. The zero-order valence-corrected chi connectivity index (χ0v) is 14.7. The van der Waals surface area contributed by atoms with Crippen LogP contribution in [0, 0.1) is 6.92 Å². The Kier molecular flexibility index (Phi) is 6.53. The van der Waals surface area contributed by atoms with E-state index in [-0.39, 0.29) is 5.91 Å². The second-order valence-corrected chi connectivity index (χ2v) is 6.34. The van der Waals surface area contributed by atoms with Crippen LogP contribution < -0.4 is 10.1 Å². The van der Waals surface area contributed by atoms with E-state index in [1.807, 2.05) is 43.3 Å². The number of ether oxygens (including phenoxy) is 1. The van der Waals surface area contributed by atoms with E-state index in [2.05, 4.69) is 18.3 Å². The van der Waals surface area contributed by atoms with E-state index in [0.29, 0.717) is 5.75 Å². The number of carbonyl (C=O) groups excluding carboxylic acids is 1. The molecule has 4 heteroatoms. The van der Waals surface area contributed by atoms with Crippen molar-refractivity contribution in [1.29, 1.82) is 0 Å². The minimum Gasteiger partial charge on any atom is -0.497 e. The molecule has 0 spiro atoms. The summed E-state index contributed by atoms with van der Waals surface area (Å²) in [5.41, 5.74) is 4.44. The number of aryl methyl sites for hydroxylation is 2. The average molecular weight is 329 g/mol. The van der Waals surface area contributed by atoms with Crippen LogP contribution in [0.5, 0.6) is 5.75 Å². The molecule has 0 atom stereocenters. The van der Waals surface area contributed by atoms with Gasteiger partial charge in [0.15, 0.2) is 0 Å². The van der Waals surface area contributed by atoms with Gasteiger partial charge in [0.2, 0.25) is 5.91 Å². The molecule has 0 bridgehead atoms. The summed E-state index contributed by atoms with van der Waals surface area (Å²) >= 11 is 1.61. The first-order valence-corrected chi connectivity index (χ1v) is 8.88. The van der Waals surface area contributed by atoms with Crippen molar-refractivity contribution in [2.45, 2.75) is 26.0 Å². The molecule has 0 saturated heterocycles. The first kappa shape index (κ1) is 17.4. The van der Waals surface area contributed by atoms with Gasteiger partial charge in [-0.3, -0.25) is 4.79 Å². The third-order valence-electron chi connectivity index (χ3n) is 3.67. The van der Waals surface area contributed by atoms with Gasteiger partial charge in [-0.05, 0) is 42.2 Å². The lowest BCUT2D eigenvalue weighted by molar-refractivity contribution is -0.113. The Balaban J connectivity index is 1.85. The Labute approximate surface area is 142 Å². The number of para-hydroxylation sites is 1. The van der Waals surface area contributed by atoms with Crippen molar-refractivity contribution in [3.8, 4) is 5.75 Å². The Morgan fingerprint density at radius 3 is 2.57 bits per heavy atom. The highest BCUT2D eigenvalue weighted by atomic mass is 32.2. The highest BCUT2D eigenvalue weighted by molar-refractivity contribution is 7.99. The summed E-state index contributed by atoms with van der Waals surface area (Å²) in [5, 5.41) is 3.05. The van der Waals surface area contributed by atoms with E-state index in [0.717, 1.165) is 29.2 Å². The molecule has 0 saturated carbocycles. The maximum Gasteiger partial charge on any atom is 0.234 e. The number of benzene rings is 2. The molecule has 0 fully saturated rings. The van der Waals surface area contributed by atoms with Crippen LogP contribution in [0.3, 0.4) is 0 Å². The molecule has 1 amide bonds. The second-order valence-electron chi connectivity index (χ2n) is 5.35. The van der Waals surface area contributed by atoms with Crippen LogP contribution in [-0.2, 0) is 17.0 Å². The summed E-state index contributed by atoms with van der Waals surface area (Å²) in [4.78, 5) is 12.2.